The third kappa shape index (κ3) is 2.83. The zero-order chi connectivity index (χ0) is 13.2. The third-order valence-electron chi connectivity index (χ3n) is 4.49. The Balaban J connectivity index is 1.70. The number of benzene rings is 1. The van der Waals surface area contributed by atoms with E-state index in [1.54, 1.807) is 0 Å². The van der Waals surface area contributed by atoms with Crippen molar-refractivity contribution in [3.8, 4) is 5.75 Å². The van der Waals surface area contributed by atoms with E-state index >= 15 is 0 Å². The molecular formula is C17H22O2. The quantitative estimate of drug-likeness (QED) is 0.796. The van der Waals surface area contributed by atoms with Crippen LogP contribution in [0, 0.1) is 5.92 Å². The molecule has 1 saturated carbocycles. The van der Waals surface area contributed by atoms with Crippen molar-refractivity contribution in [1.82, 2.24) is 0 Å². The number of hydrogen-bond donors (Lipinski definition) is 0. The highest BCUT2D eigenvalue weighted by Gasteiger charge is 2.21. The van der Waals surface area contributed by atoms with Crippen LogP contribution < -0.4 is 4.74 Å². The van der Waals surface area contributed by atoms with Crippen LogP contribution >= 0.6 is 0 Å². The van der Waals surface area contributed by atoms with E-state index in [1.807, 2.05) is 12.1 Å². The van der Waals surface area contributed by atoms with E-state index in [2.05, 4.69) is 13.0 Å². The van der Waals surface area contributed by atoms with Crippen LogP contribution in [0.5, 0.6) is 5.75 Å². The average Bonchev–Trinajstić information content (AvgIpc) is 2.42. The topological polar surface area (TPSA) is 26.3 Å². The highest BCUT2D eigenvalue weighted by molar-refractivity contribution is 5.98. The van der Waals surface area contributed by atoms with Gasteiger partial charge in [0.25, 0.3) is 0 Å². The summed E-state index contributed by atoms with van der Waals surface area (Å²) in [6, 6.07) is 6.02. The van der Waals surface area contributed by atoms with Gasteiger partial charge in [0.1, 0.15) is 5.75 Å². The monoisotopic (exact) mass is 258 g/mol. The maximum absolute atomic E-state index is 11.8. The molecule has 19 heavy (non-hydrogen) atoms. The maximum Gasteiger partial charge on any atom is 0.163 e. The van der Waals surface area contributed by atoms with Gasteiger partial charge in [-0.3, -0.25) is 4.79 Å². The fourth-order valence-electron chi connectivity index (χ4n) is 3.24. The Morgan fingerprint density at radius 1 is 1.11 bits per heavy atom. The Labute approximate surface area is 115 Å². The van der Waals surface area contributed by atoms with E-state index in [4.69, 9.17) is 4.74 Å². The number of aryl methyl sites for hydroxylation is 1. The highest BCUT2D eigenvalue weighted by atomic mass is 16.5. The molecule has 1 fully saturated rings. The summed E-state index contributed by atoms with van der Waals surface area (Å²) in [6.07, 6.45) is 7.94. The number of carbonyl (C=O) groups is 1. The summed E-state index contributed by atoms with van der Waals surface area (Å²) in [5, 5.41) is 0. The molecule has 0 N–H and O–H groups in total. The smallest absolute Gasteiger partial charge is 0.163 e. The van der Waals surface area contributed by atoms with Gasteiger partial charge in [-0.25, -0.2) is 0 Å². The molecule has 0 aliphatic heterocycles. The number of hydrogen-bond acceptors (Lipinski definition) is 2. The van der Waals surface area contributed by atoms with Crippen molar-refractivity contribution in [2.75, 3.05) is 0 Å². The van der Waals surface area contributed by atoms with Crippen LogP contribution in [0.3, 0.4) is 0 Å². The van der Waals surface area contributed by atoms with Crippen molar-refractivity contribution >= 4 is 5.78 Å². The largest absolute Gasteiger partial charge is 0.490 e. The van der Waals surface area contributed by atoms with Crippen LogP contribution in [0.15, 0.2) is 18.2 Å². The minimum Gasteiger partial charge on any atom is -0.490 e. The minimum atomic E-state index is 0.291. The van der Waals surface area contributed by atoms with E-state index in [9.17, 15) is 4.79 Å². The van der Waals surface area contributed by atoms with Crippen LogP contribution in [0.25, 0.3) is 0 Å². The first-order valence-electron chi connectivity index (χ1n) is 7.55. The Bertz CT molecular complexity index is 470. The lowest BCUT2D eigenvalue weighted by Gasteiger charge is -2.27. The Morgan fingerprint density at radius 2 is 1.89 bits per heavy atom. The standard InChI is InChI=1S/C17H22O2/c1-12-5-7-14(8-6-12)19-15-9-10-16-13(11-15)3-2-4-17(16)18/h9-12,14H,2-8H2,1H3. The van der Waals surface area contributed by atoms with Gasteiger partial charge in [0, 0.05) is 12.0 Å². The fraction of sp³-hybridized carbons (Fsp3) is 0.588. The summed E-state index contributed by atoms with van der Waals surface area (Å²) in [5.41, 5.74) is 2.09. The number of rotatable bonds is 2. The highest BCUT2D eigenvalue weighted by Crippen LogP contribution is 2.30. The van der Waals surface area contributed by atoms with Crippen LogP contribution in [-0.4, -0.2) is 11.9 Å². The lowest BCUT2D eigenvalue weighted by molar-refractivity contribution is 0.0972. The molecule has 0 bridgehead atoms. The van der Waals surface area contributed by atoms with Gasteiger partial charge < -0.3 is 4.74 Å². The molecule has 1 aromatic carbocycles. The predicted octanol–water partition coefficient (Wildman–Crippen LogP) is 4.16. The van der Waals surface area contributed by atoms with E-state index < -0.39 is 0 Å². The molecule has 3 rings (SSSR count). The summed E-state index contributed by atoms with van der Waals surface area (Å²) >= 11 is 0. The van der Waals surface area contributed by atoms with Crippen molar-refractivity contribution in [3.63, 3.8) is 0 Å². The van der Waals surface area contributed by atoms with Gasteiger partial charge in [0.15, 0.2) is 5.78 Å². The first-order chi connectivity index (χ1) is 9.22. The van der Waals surface area contributed by atoms with E-state index in [-0.39, 0.29) is 0 Å². The van der Waals surface area contributed by atoms with Crippen molar-refractivity contribution in [2.24, 2.45) is 5.92 Å². The van der Waals surface area contributed by atoms with E-state index in [0.717, 1.165) is 42.9 Å². The number of ketones is 1. The van der Waals surface area contributed by atoms with Gasteiger partial charge in [-0.2, -0.15) is 0 Å². The first-order valence-corrected chi connectivity index (χ1v) is 7.55. The summed E-state index contributed by atoms with van der Waals surface area (Å²) in [5.74, 6) is 2.09. The third-order valence-corrected chi connectivity index (χ3v) is 4.49. The first kappa shape index (κ1) is 12.7. The Hall–Kier alpha value is -1.31. The molecule has 0 saturated heterocycles. The van der Waals surface area contributed by atoms with Crippen molar-refractivity contribution in [2.45, 2.75) is 58.0 Å². The van der Waals surface area contributed by atoms with Gasteiger partial charge in [0.05, 0.1) is 6.10 Å². The average molecular weight is 258 g/mol. The number of ether oxygens (including phenoxy) is 1. The molecule has 0 amide bonds. The van der Waals surface area contributed by atoms with Crippen LogP contribution in [0.1, 0.15) is 61.4 Å². The molecule has 0 radical (unpaired) electrons. The molecule has 0 heterocycles. The van der Waals surface area contributed by atoms with E-state index in [0.29, 0.717) is 18.3 Å². The fourth-order valence-corrected chi connectivity index (χ4v) is 3.24. The normalized spacial score (nSPS) is 26.9. The molecule has 2 heteroatoms. The van der Waals surface area contributed by atoms with Crippen LogP contribution in [0.4, 0.5) is 0 Å². The second-order valence-electron chi connectivity index (χ2n) is 6.10. The summed E-state index contributed by atoms with van der Waals surface area (Å²) in [7, 11) is 0. The van der Waals surface area contributed by atoms with Gasteiger partial charge in [-0.05, 0) is 68.2 Å². The Morgan fingerprint density at radius 3 is 2.68 bits per heavy atom. The lowest BCUT2D eigenvalue weighted by Crippen LogP contribution is -2.23. The lowest BCUT2D eigenvalue weighted by atomic mass is 9.88. The molecule has 102 valence electrons. The van der Waals surface area contributed by atoms with Crippen molar-refractivity contribution < 1.29 is 9.53 Å². The van der Waals surface area contributed by atoms with Crippen LogP contribution in [-0.2, 0) is 6.42 Å². The molecule has 1 aromatic rings. The molecule has 2 nitrogen and oxygen atoms in total. The van der Waals surface area contributed by atoms with Crippen molar-refractivity contribution in [1.29, 1.82) is 0 Å². The number of fused-ring (bicyclic) bond motifs is 1. The van der Waals surface area contributed by atoms with Gasteiger partial charge >= 0.3 is 0 Å². The summed E-state index contributed by atoms with van der Waals surface area (Å²) in [4.78, 5) is 11.8. The van der Waals surface area contributed by atoms with Crippen LogP contribution in [0.2, 0.25) is 0 Å². The summed E-state index contributed by atoms with van der Waals surface area (Å²) in [6.45, 7) is 2.32. The number of Topliss-reactive ketones (excluding diaryl/α,β-unsaturated/α-hetero) is 1. The Kier molecular flexibility index (Phi) is 3.58. The molecule has 0 atom stereocenters. The summed E-state index contributed by atoms with van der Waals surface area (Å²) < 4.78 is 6.09. The molecule has 2 aliphatic rings. The SMILES string of the molecule is CC1CCC(Oc2ccc3c(c2)CCCC3=O)CC1. The molecular weight excluding hydrogens is 236 g/mol. The van der Waals surface area contributed by atoms with Gasteiger partial charge in [-0.15, -0.1) is 0 Å². The maximum atomic E-state index is 11.8. The zero-order valence-corrected chi connectivity index (χ0v) is 11.7. The second-order valence-corrected chi connectivity index (χ2v) is 6.10. The second kappa shape index (κ2) is 5.36. The molecule has 2 aliphatic carbocycles. The number of carbonyl (C=O) groups excluding carboxylic acids is 1. The zero-order valence-electron chi connectivity index (χ0n) is 11.7. The predicted molar refractivity (Wildman–Crippen MR) is 75.8 cm³/mol. The molecule has 0 unspecified atom stereocenters. The van der Waals surface area contributed by atoms with Gasteiger partial charge in [0.2, 0.25) is 0 Å². The minimum absolute atomic E-state index is 0.291. The van der Waals surface area contributed by atoms with Gasteiger partial charge in [-0.1, -0.05) is 6.92 Å². The van der Waals surface area contributed by atoms with Crippen molar-refractivity contribution in [3.05, 3.63) is 29.3 Å². The molecule has 0 aromatic heterocycles. The molecule has 0 spiro atoms. The van der Waals surface area contributed by atoms with E-state index in [1.165, 1.54) is 18.4 Å².